The molecular weight excluding hydrogens is 112 g/mol. The predicted octanol–water partition coefficient (Wildman–Crippen LogP) is 2.02. The van der Waals surface area contributed by atoms with Crippen molar-refractivity contribution in [2.75, 3.05) is 13.0 Å². The normalized spacial score (nSPS) is 5.57. The summed E-state index contributed by atoms with van der Waals surface area (Å²) in [5.41, 5.74) is 0. The van der Waals surface area contributed by atoms with Gasteiger partial charge in [-0.05, 0) is 6.92 Å². The predicted molar refractivity (Wildman–Crippen MR) is 33.6 cm³/mol. The van der Waals surface area contributed by atoms with Gasteiger partial charge < -0.3 is 4.74 Å². The Kier molecular flexibility index (Phi) is 24.1. The highest BCUT2D eigenvalue weighted by Gasteiger charge is 1.55. The van der Waals surface area contributed by atoms with E-state index in [2.05, 4.69) is 22.9 Å². The largest absolute Gasteiger partial charge is 0.502 e. The van der Waals surface area contributed by atoms with Gasteiger partial charge in [-0.25, -0.2) is 0 Å². The van der Waals surface area contributed by atoms with Gasteiger partial charge in [-0.15, -0.1) is 11.6 Å². The lowest BCUT2D eigenvalue weighted by Crippen LogP contribution is -1.72. The molecule has 0 aliphatic rings. The van der Waals surface area contributed by atoms with E-state index < -0.39 is 0 Å². The third kappa shape index (κ3) is 25.5. The number of alkyl halides is 1. The molecule has 7 heavy (non-hydrogen) atoms. The second-order valence-electron chi connectivity index (χ2n) is 0.622. The van der Waals surface area contributed by atoms with Gasteiger partial charge in [0.2, 0.25) is 0 Å². The minimum atomic E-state index is 0.726. The van der Waals surface area contributed by atoms with Crippen LogP contribution in [0.2, 0.25) is 0 Å². The highest BCUT2D eigenvalue weighted by atomic mass is 35.5. The molecular formula is C5H11ClO. The molecule has 0 aliphatic carbocycles. The molecule has 0 aromatic heterocycles. The lowest BCUT2D eigenvalue weighted by Gasteiger charge is -1.84. The standard InChI is InChI=1S/C4H8O.CH3Cl/c1-3-5-4-2;1-2/h3H,1,4H2,2H3;1H3. The molecule has 0 radical (unpaired) electrons. The smallest absolute Gasteiger partial charge is 0.0844 e. The Hall–Kier alpha value is -0.170. The molecule has 0 fully saturated rings. The van der Waals surface area contributed by atoms with Crippen molar-refractivity contribution in [3.05, 3.63) is 12.8 Å². The maximum atomic E-state index is 4.64. The van der Waals surface area contributed by atoms with Crippen LogP contribution in [-0.4, -0.2) is 13.0 Å². The average Bonchev–Trinajstić information content (AvgIpc) is 1.75. The summed E-state index contributed by atoms with van der Waals surface area (Å²) < 4.78 is 4.60. The van der Waals surface area contributed by atoms with E-state index in [9.17, 15) is 0 Å². The van der Waals surface area contributed by atoms with Crippen molar-refractivity contribution < 1.29 is 4.74 Å². The van der Waals surface area contributed by atoms with Crippen molar-refractivity contribution >= 4 is 11.6 Å². The van der Waals surface area contributed by atoms with E-state index in [-0.39, 0.29) is 0 Å². The van der Waals surface area contributed by atoms with Crippen molar-refractivity contribution in [3.8, 4) is 0 Å². The van der Waals surface area contributed by atoms with Gasteiger partial charge >= 0.3 is 0 Å². The summed E-state index contributed by atoms with van der Waals surface area (Å²) in [4.78, 5) is 0. The highest BCUT2D eigenvalue weighted by molar-refractivity contribution is 6.15. The Morgan fingerprint density at radius 2 is 2.14 bits per heavy atom. The molecule has 0 heterocycles. The van der Waals surface area contributed by atoms with E-state index >= 15 is 0 Å². The lowest BCUT2D eigenvalue weighted by molar-refractivity contribution is 0.270. The van der Waals surface area contributed by atoms with Crippen molar-refractivity contribution in [3.63, 3.8) is 0 Å². The molecule has 0 N–H and O–H groups in total. The molecule has 2 heteroatoms. The van der Waals surface area contributed by atoms with Crippen LogP contribution in [0.4, 0.5) is 0 Å². The van der Waals surface area contributed by atoms with Crippen LogP contribution in [0.5, 0.6) is 0 Å². The summed E-state index contributed by atoms with van der Waals surface area (Å²) in [6, 6.07) is 0. The number of ether oxygens (including phenoxy) is 1. The molecule has 0 unspecified atom stereocenters. The molecule has 0 amide bonds. The quantitative estimate of drug-likeness (QED) is 0.402. The van der Waals surface area contributed by atoms with Crippen molar-refractivity contribution in [1.29, 1.82) is 0 Å². The first-order chi connectivity index (χ1) is 3.41. The van der Waals surface area contributed by atoms with Crippen LogP contribution in [0.1, 0.15) is 6.92 Å². The number of halogens is 1. The zero-order chi connectivity index (χ0) is 6.12. The van der Waals surface area contributed by atoms with Crippen LogP contribution in [0.15, 0.2) is 12.8 Å². The third-order valence-electron chi connectivity index (χ3n) is 0.285. The molecule has 44 valence electrons. The van der Waals surface area contributed by atoms with Crippen molar-refractivity contribution in [2.24, 2.45) is 0 Å². The summed E-state index contributed by atoms with van der Waals surface area (Å²) in [6.07, 6.45) is 2.90. The average molecular weight is 123 g/mol. The molecule has 1 nitrogen and oxygen atoms in total. The van der Waals surface area contributed by atoms with Gasteiger partial charge in [0.1, 0.15) is 0 Å². The fourth-order valence-electron chi connectivity index (χ4n) is 0.118. The number of hydrogen-bond acceptors (Lipinski definition) is 1. The summed E-state index contributed by atoms with van der Waals surface area (Å²) in [6.45, 7) is 5.97. The van der Waals surface area contributed by atoms with Crippen LogP contribution in [0.3, 0.4) is 0 Å². The van der Waals surface area contributed by atoms with Crippen molar-refractivity contribution in [1.82, 2.24) is 0 Å². The van der Waals surface area contributed by atoms with E-state index in [0.29, 0.717) is 0 Å². The summed E-state index contributed by atoms with van der Waals surface area (Å²) >= 11 is 4.64. The van der Waals surface area contributed by atoms with Crippen LogP contribution >= 0.6 is 11.6 Å². The summed E-state index contributed by atoms with van der Waals surface area (Å²) in [7, 11) is 0. The topological polar surface area (TPSA) is 9.23 Å². The minimum absolute atomic E-state index is 0.726. The molecule has 0 saturated heterocycles. The number of hydrogen-bond donors (Lipinski definition) is 0. The van der Waals surface area contributed by atoms with Crippen LogP contribution < -0.4 is 0 Å². The molecule has 0 saturated carbocycles. The first kappa shape index (κ1) is 9.95. The van der Waals surface area contributed by atoms with E-state index in [0.717, 1.165) is 6.61 Å². The Bertz CT molecular complexity index is 29.3. The fraction of sp³-hybridized carbons (Fsp3) is 0.600. The summed E-state index contributed by atoms with van der Waals surface area (Å²) in [5, 5.41) is 0. The van der Waals surface area contributed by atoms with Crippen LogP contribution in [0, 0.1) is 0 Å². The third-order valence-corrected chi connectivity index (χ3v) is 0.285. The van der Waals surface area contributed by atoms with E-state index in [1.54, 1.807) is 0 Å². The minimum Gasteiger partial charge on any atom is -0.502 e. The number of rotatable bonds is 2. The molecule has 0 aromatic carbocycles. The summed E-state index contributed by atoms with van der Waals surface area (Å²) in [5.74, 6) is 0. The highest BCUT2D eigenvalue weighted by Crippen LogP contribution is 1.65. The van der Waals surface area contributed by atoms with Gasteiger partial charge in [-0.3, -0.25) is 0 Å². The van der Waals surface area contributed by atoms with Gasteiger partial charge in [0.15, 0.2) is 0 Å². The fourth-order valence-corrected chi connectivity index (χ4v) is 0.118. The second kappa shape index (κ2) is 17.0. The lowest BCUT2D eigenvalue weighted by atomic mass is 10.9. The zero-order valence-corrected chi connectivity index (χ0v) is 5.53. The van der Waals surface area contributed by atoms with Gasteiger partial charge in [-0.2, -0.15) is 0 Å². The first-order valence-electron chi connectivity index (χ1n) is 2.02. The van der Waals surface area contributed by atoms with Gasteiger partial charge in [-0.1, -0.05) is 6.58 Å². The Labute approximate surface area is 49.9 Å². The molecule has 0 aromatic rings. The van der Waals surface area contributed by atoms with Crippen LogP contribution in [-0.2, 0) is 4.74 Å². The Morgan fingerprint density at radius 1 is 1.71 bits per heavy atom. The second-order valence-corrected chi connectivity index (χ2v) is 0.622. The molecule has 0 aliphatic heterocycles. The Morgan fingerprint density at radius 3 is 2.14 bits per heavy atom. The maximum Gasteiger partial charge on any atom is 0.0844 e. The van der Waals surface area contributed by atoms with Crippen LogP contribution in [0.25, 0.3) is 0 Å². The van der Waals surface area contributed by atoms with E-state index in [1.165, 1.54) is 12.6 Å². The van der Waals surface area contributed by atoms with Gasteiger partial charge in [0, 0.05) is 6.38 Å². The first-order valence-corrected chi connectivity index (χ1v) is 2.77. The van der Waals surface area contributed by atoms with Crippen molar-refractivity contribution in [2.45, 2.75) is 6.92 Å². The SMILES string of the molecule is C=COCC.CCl. The molecule has 0 rings (SSSR count). The van der Waals surface area contributed by atoms with E-state index in [4.69, 9.17) is 0 Å². The zero-order valence-electron chi connectivity index (χ0n) is 4.78. The molecule has 0 atom stereocenters. The Balaban J connectivity index is 0. The van der Waals surface area contributed by atoms with E-state index in [1.807, 2.05) is 6.92 Å². The maximum absolute atomic E-state index is 4.64. The molecule has 0 bridgehead atoms. The van der Waals surface area contributed by atoms with Gasteiger partial charge in [0.05, 0.1) is 12.9 Å². The van der Waals surface area contributed by atoms with Gasteiger partial charge in [0.25, 0.3) is 0 Å². The monoisotopic (exact) mass is 122 g/mol. The molecule has 0 spiro atoms.